The van der Waals surface area contributed by atoms with Crippen LogP contribution in [-0.2, 0) is 0 Å². The standard InChI is InChI=1S/C13H11BrN2O3/c1-19-11-9(14)5-2-6-10(11)16-12-8(13(17)18)4-3-7-15-12/h2-7H,1H3,(H,15,16)(H,17,18). The van der Waals surface area contributed by atoms with Crippen molar-refractivity contribution in [1.82, 2.24) is 4.98 Å². The van der Waals surface area contributed by atoms with Crippen LogP contribution in [0.15, 0.2) is 41.0 Å². The summed E-state index contributed by atoms with van der Waals surface area (Å²) in [6.45, 7) is 0. The lowest BCUT2D eigenvalue weighted by Crippen LogP contribution is -2.05. The monoisotopic (exact) mass is 322 g/mol. The molecule has 0 bridgehead atoms. The lowest BCUT2D eigenvalue weighted by molar-refractivity contribution is 0.0697. The van der Waals surface area contributed by atoms with Gasteiger partial charge in [0.2, 0.25) is 0 Å². The molecule has 1 aromatic heterocycles. The Balaban J connectivity index is 2.42. The van der Waals surface area contributed by atoms with Crippen LogP contribution in [0.4, 0.5) is 11.5 Å². The summed E-state index contributed by atoms with van der Waals surface area (Å²) in [7, 11) is 1.54. The van der Waals surface area contributed by atoms with Crippen molar-refractivity contribution in [2.75, 3.05) is 12.4 Å². The predicted molar refractivity (Wildman–Crippen MR) is 75.2 cm³/mol. The minimum atomic E-state index is -1.04. The van der Waals surface area contributed by atoms with Gasteiger partial charge in [-0.1, -0.05) is 6.07 Å². The Morgan fingerprint density at radius 1 is 1.37 bits per heavy atom. The first kappa shape index (κ1) is 13.4. The number of aromatic nitrogens is 1. The molecule has 0 aliphatic carbocycles. The Morgan fingerprint density at radius 3 is 2.84 bits per heavy atom. The van der Waals surface area contributed by atoms with Gasteiger partial charge in [-0.15, -0.1) is 0 Å². The average molecular weight is 323 g/mol. The van der Waals surface area contributed by atoms with Crippen molar-refractivity contribution in [1.29, 1.82) is 0 Å². The molecule has 0 spiro atoms. The molecule has 0 saturated heterocycles. The summed E-state index contributed by atoms with van der Waals surface area (Å²) >= 11 is 3.37. The largest absolute Gasteiger partial charge is 0.493 e. The second-order valence-corrected chi connectivity index (χ2v) is 4.50. The minimum absolute atomic E-state index is 0.101. The average Bonchev–Trinajstić information content (AvgIpc) is 2.39. The number of nitrogens with one attached hydrogen (secondary N) is 1. The predicted octanol–water partition coefficient (Wildman–Crippen LogP) is 3.29. The van der Waals surface area contributed by atoms with E-state index in [-0.39, 0.29) is 11.4 Å². The van der Waals surface area contributed by atoms with Gasteiger partial charge < -0.3 is 15.2 Å². The van der Waals surface area contributed by atoms with E-state index >= 15 is 0 Å². The van der Waals surface area contributed by atoms with E-state index in [9.17, 15) is 4.79 Å². The van der Waals surface area contributed by atoms with E-state index in [1.165, 1.54) is 12.3 Å². The number of hydrogen-bond acceptors (Lipinski definition) is 4. The van der Waals surface area contributed by atoms with Gasteiger partial charge in [0.15, 0.2) is 5.75 Å². The quantitative estimate of drug-likeness (QED) is 0.903. The second kappa shape index (κ2) is 5.71. The van der Waals surface area contributed by atoms with Crippen molar-refractivity contribution in [3.8, 4) is 5.75 Å². The zero-order valence-electron chi connectivity index (χ0n) is 10.1. The molecule has 19 heavy (non-hydrogen) atoms. The smallest absolute Gasteiger partial charge is 0.339 e. The number of methoxy groups -OCH3 is 1. The van der Waals surface area contributed by atoms with Crippen molar-refractivity contribution < 1.29 is 14.6 Å². The van der Waals surface area contributed by atoms with E-state index in [2.05, 4.69) is 26.2 Å². The van der Waals surface area contributed by atoms with Crippen molar-refractivity contribution >= 4 is 33.4 Å². The molecular weight excluding hydrogens is 312 g/mol. The molecule has 0 aliphatic heterocycles. The first-order valence-electron chi connectivity index (χ1n) is 5.41. The molecule has 2 aromatic rings. The Kier molecular flexibility index (Phi) is 4.01. The first-order valence-corrected chi connectivity index (χ1v) is 6.20. The molecule has 0 fully saturated rings. The molecule has 0 unspecified atom stereocenters. The van der Waals surface area contributed by atoms with E-state index in [0.717, 1.165) is 4.47 Å². The summed E-state index contributed by atoms with van der Waals surface area (Å²) in [5, 5.41) is 12.1. The third-order valence-corrected chi connectivity index (χ3v) is 3.09. The fourth-order valence-corrected chi connectivity index (χ4v) is 2.15. The summed E-state index contributed by atoms with van der Waals surface area (Å²) in [6.07, 6.45) is 1.53. The zero-order chi connectivity index (χ0) is 13.8. The van der Waals surface area contributed by atoms with E-state index < -0.39 is 5.97 Å². The summed E-state index contributed by atoms with van der Waals surface area (Å²) in [5.41, 5.74) is 0.739. The third-order valence-electron chi connectivity index (χ3n) is 2.46. The van der Waals surface area contributed by atoms with Gasteiger partial charge in [-0.05, 0) is 40.2 Å². The molecule has 2 rings (SSSR count). The van der Waals surface area contributed by atoms with Crippen LogP contribution in [-0.4, -0.2) is 23.2 Å². The lowest BCUT2D eigenvalue weighted by atomic mass is 10.2. The van der Waals surface area contributed by atoms with Crippen molar-refractivity contribution in [3.63, 3.8) is 0 Å². The second-order valence-electron chi connectivity index (χ2n) is 3.65. The molecule has 0 amide bonds. The van der Waals surface area contributed by atoms with Crippen LogP contribution in [0.1, 0.15) is 10.4 Å². The van der Waals surface area contributed by atoms with Crippen LogP contribution < -0.4 is 10.1 Å². The number of aromatic carboxylic acids is 1. The van der Waals surface area contributed by atoms with E-state index in [1.807, 2.05) is 12.1 Å². The van der Waals surface area contributed by atoms with Gasteiger partial charge in [0.05, 0.1) is 17.3 Å². The minimum Gasteiger partial charge on any atom is -0.493 e. The number of anilines is 2. The molecule has 1 aromatic carbocycles. The van der Waals surface area contributed by atoms with Gasteiger partial charge in [-0.25, -0.2) is 9.78 Å². The fourth-order valence-electron chi connectivity index (χ4n) is 1.62. The number of hydrogen-bond donors (Lipinski definition) is 2. The van der Waals surface area contributed by atoms with Crippen molar-refractivity contribution in [3.05, 3.63) is 46.6 Å². The highest BCUT2D eigenvalue weighted by atomic mass is 79.9. The molecular formula is C13H11BrN2O3. The highest BCUT2D eigenvalue weighted by Gasteiger charge is 2.13. The maximum atomic E-state index is 11.1. The van der Waals surface area contributed by atoms with Gasteiger partial charge in [0.1, 0.15) is 11.4 Å². The molecule has 0 saturated carbocycles. The van der Waals surface area contributed by atoms with Crippen LogP contribution in [0.25, 0.3) is 0 Å². The van der Waals surface area contributed by atoms with Gasteiger partial charge in [0.25, 0.3) is 0 Å². The van der Waals surface area contributed by atoms with Crippen LogP contribution in [0.5, 0.6) is 5.75 Å². The number of rotatable bonds is 4. The summed E-state index contributed by atoms with van der Waals surface area (Å²) in [4.78, 5) is 15.2. The van der Waals surface area contributed by atoms with Crippen LogP contribution >= 0.6 is 15.9 Å². The fraction of sp³-hybridized carbons (Fsp3) is 0.0769. The van der Waals surface area contributed by atoms with Gasteiger partial charge in [-0.3, -0.25) is 0 Å². The van der Waals surface area contributed by atoms with Crippen LogP contribution in [0.2, 0.25) is 0 Å². The number of carboxylic acids is 1. The number of para-hydroxylation sites is 1. The summed E-state index contributed by atoms with van der Waals surface area (Å²) in [6, 6.07) is 8.50. The van der Waals surface area contributed by atoms with Crippen LogP contribution in [0.3, 0.4) is 0 Å². The molecule has 0 atom stereocenters. The number of nitrogens with zero attached hydrogens (tertiary/aromatic N) is 1. The Labute approximate surface area is 118 Å². The maximum Gasteiger partial charge on any atom is 0.339 e. The highest BCUT2D eigenvalue weighted by Crippen LogP contribution is 2.34. The number of benzene rings is 1. The van der Waals surface area contributed by atoms with E-state index in [1.54, 1.807) is 19.2 Å². The molecule has 98 valence electrons. The highest BCUT2D eigenvalue weighted by molar-refractivity contribution is 9.10. The Bertz CT molecular complexity index is 617. The summed E-state index contributed by atoms with van der Waals surface area (Å²) in [5.74, 6) is -0.180. The Hall–Kier alpha value is -2.08. The molecule has 0 aliphatic rings. The number of ether oxygens (including phenoxy) is 1. The first-order chi connectivity index (χ1) is 9.13. The van der Waals surface area contributed by atoms with Gasteiger partial charge >= 0.3 is 5.97 Å². The van der Waals surface area contributed by atoms with Crippen molar-refractivity contribution in [2.24, 2.45) is 0 Å². The van der Waals surface area contributed by atoms with Crippen LogP contribution in [0, 0.1) is 0 Å². The van der Waals surface area contributed by atoms with E-state index in [4.69, 9.17) is 9.84 Å². The number of halogens is 1. The lowest BCUT2D eigenvalue weighted by Gasteiger charge is -2.13. The van der Waals surface area contributed by atoms with Gasteiger partial charge in [-0.2, -0.15) is 0 Å². The van der Waals surface area contributed by atoms with E-state index in [0.29, 0.717) is 11.4 Å². The van der Waals surface area contributed by atoms with Gasteiger partial charge in [0, 0.05) is 6.20 Å². The molecule has 6 heteroatoms. The SMILES string of the molecule is COc1c(Br)cccc1Nc1ncccc1C(=O)O. The molecule has 5 nitrogen and oxygen atoms in total. The number of carboxylic acid groups (broad SMARTS) is 1. The number of pyridine rings is 1. The zero-order valence-corrected chi connectivity index (χ0v) is 11.6. The topological polar surface area (TPSA) is 71.5 Å². The maximum absolute atomic E-state index is 11.1. The Morgan fingerprint density at radius 2 is 2.16 bits per heavy atom. The third kappa shape index (κ3) is 2.85. The molecule has 1 heterocycles. The molecule has 2 N–H and O–H groups in total. The summed E-state index contributed by atoms with van der Waals surface area (Å²) < 4.78 is 6.04. The number of carbonyl (C=O) groups is 1. The van der Waals surface area contributed by atoms with Crippen molar-refractivity contribution in [2.45, 2.75) is 0 Å². The molecule has 0 radical (unpaired) electrons. The normalized spacial score (nSPS) is 10.0.